The maximum absolute atomic E-state index is 10.3. The van der Waals surface area contributed by atoms with Crippen molar-refractivity contribution in [1.29, 1.82) is 0 Å². The van der Waals surface area contributed by atoms with E-state index >= 15 is 0 Å². The summed E-state index contributed by atoms with van der Waals surface area (Å²) in [6.07, 6.45) is 1.77. The van der Waals surface area contributed by atoms with E-state index in [1.807, 2.05) is 0 Å². The molecule has 13 heavy (non-hydrogen) atoms. The van der Waals surface area contributed by atoms with Gasteiger partial charge in [0.2, 0.25) is 0 Å². The van der Waals surface area contributed by atoms with Crippen molar-refractivity contribution in [2.75, 3.05) is 0 Å². The van der Waals surface area contributed by atoms with E-state index in [4.69, 9.17) is 14.9 Å². The van der Waals surface area contributed by atoms with Crippen molar-refractivity contribution in [3.63, 3.8) is 0 Å². The molecule has 0 amide bonds. The van der Waals surface area contributed by atoms with Crippen LogP contribution in [0.1, 0.15) is 25.7 Å². The van der Waals surface area contributed by atoms with Gasteiger partial charge in [-0.05, 0) is 12.8 Å². The molecule has 0 radical (unpaired) electrons. The smallest absolute Gasteiger partial charge is 0.305 e. The number of carboxylic acid groups (broad SMARTS) is 1. The number of carbonyl (C=O) groups is 1. The second kappa shape index (κ2) is 4.28. The van der Waals surface area contributed by atoms with Crippen LogP contribution in [-0.2, 0) is 9.53 Å². The zero-order valence-corrected chi connectivity index (χ0v) is 7.40. The molecule has 0 bridgehead atoms. The van der Waals surface area contributed by atoms with Gasteiger partial charge in [-0.2, -0.15) is 0 Å². The Bertz CT molecular complexity index is 190. The topological polar surface area (TPSA) is 66.8 Å². The summed E-state index contributed by atoms with van der Waals surface area (Å²) < 4.78 is 5.38. The quantitative estimate of drug-likeness (QED) is 0.652. The first kappa shape index (κ1) is 10.1. The van der Waals surface area contributed by atoms with E-state index in [9.17, 15) is 4.79 Å². The fourth-order valence-corrected chi connectivity index (χ4v) is 1.54. The highest BCUT2D eigenvalue weighted by Crippen LogP contribution is 2.25. The third-order valence-electron chi connectivity index (χ3n) is 2.06. The van der Waals surface area contributed by atoms with E-state index < -0.39 is 5.97 Å². The van der Waals surface area contributed by atoms with Gasteiger partial charge in [-0.1, -0.05) is 6.58 Å². The fraction of sp³-hybridized carbons (Fsp3) is 0.667. The van der Waals surface area contributed by atoms with Crippen molar-refractivity contribution in [1.82, 2.24) is 0 Å². The molecule has 1 saturated heterocycles. The van der Waals surface area contributed by atoms with Crippen LogP contribution in [0.4, 0.5) is 0 Å². The van der Waals surface area contributed by atoms with Crippen molar-refractivity contribution in [2.24, 2.45) is 0 Å². The molecule has 1 aliphatic rings. The molecule has 0 aromatic heterocycles. The number of carboxylic acids is 1. The lowest BCUT2D eigenvalue weighted by atomic mass is 10.1. The molecule has 0 aromatic carbocycles. The third kappa shape index (κ3) is 3.46. The van der Waals surface area contributed by atoms with Gasteiger partial charge in [0.25, 0.3) is 0 Å². The summed E-state index contributed by atoms with van der Waals surface area (Å²) in [6.45, 7) is 3.36. The lowest BCUT2D eigenvalue weighted by Gasteiger charge is -2.10. The zero-order valence-electron chi connectivity index (χ0n) is 7.40. The van der Waals surface area contributed by atoms with Crippen LogP contribution in [0.25, 0.3) is 0 Å². The first-order valence-corrected chi connectivity index (χ1v) is 4.32. The first-order valence-electron chi connectivity index (χ1n) is 4.32. The average Bonchev–Trinajstić information content (AvgIpc) is 2.33. The van der Waals surface area contributed by atoms with Gasteiger partial charge in [0.05, 0.1) is 24.4 Å². The normalized spacial score (nSPS) is 27.4. The highest BCUT2D eigenvalue weighted by atomic mass is 16.5. The number of hydrogen-bond acceptors (Lipinski definition) is 3. The van der Waals surface area contributed by atoms with Crippen LogP contribution in [0.3, 0.4) is 0 Å². The molecule has 2 atom stereocenters. The summed E-state index contributed by atoms with van der Waals surface area (Å²) in [7, 11) is 0. The molecule has 0 saturated carbocycles. The number of aliphatic hydroxyl groups is 1. The highest BCUT2D eigenvalue weighted by molar-refractivity contribution is 5.67. The number of hydrogen-bond donors (Lipinski definition) is 2. The Balaban J connectivity index is 2.27. The molecule has 0 unspecified atom stereocenters. The van der Waals surface area contributed by atoms with E-state index in [1.54, 1.807) is 0 Å². The van der Waals surface area contributed by atoms with Gasteiger partial charge in [-0.25, -0.2) is 0 Å². The number of aliphatic hydroxyl groups excluding tert-OH is 1. The maximum atomic E-state index is 10.3. The Kier molecular flexibility index (Phi) is 3.31. The molecule has 1 rings (SSSR count). The van der Waals surface area contributed by atoms with Crippen LogP contribution in [0.15, 0.2) is 12.3 Å². The van der Waals surface area contributed by atoms with Crippen LogP contribution in [0.2, 0.25) is 0 Å². The minimum atomic E-state index is -0.839. The minimum Gasteiger partial charge on any atom is -0.513 e. The molecule has 74 valence electrons. The van der Waals surface area contributed by atoms with Gasteiger partial charge in [0.15, 0.2) is 0 Å². The Morgan fingerprint density at radius 2 is 1.85 bits per heavy atom. The van der Waals surface area contributed by atoms with Gasteiger partial charge < -0.3 is 14.9 Å². The molecule has 0 aromatic rings. The Morgan fingerprint density at radius 1 is 1.31 bits per heavy atom. The highest BCUT2D eigenvalue weighted by Gasteiger charge is 2.27. The molecule has 4 nitrogen and oxygen atoms in total. The van der Waals surface area contributed by atoms with Crippen LogP contribution >= 0.6 is 0 Å². The third-order valence-corrected chi connectivity index (χ3v) is 2.06. The second-order valence-electron chi connectivity index (χ2n) is 3.33. The molecule has 0 aliphatic carbocycles. The summed E-state index contributed by atoms with van der Waals surface area (Å²) in [5.41, 5.74) is 0. The van der Waals surface area contributed by atoms with E-state index in [0.29, 0.717) is 6.42 Å². The molecule has 0 spiro atoms. The standard InChI is InChI=1S/C9H14O4/c1-6(10)4-7-2-3-8(13-7)5-9(11)12/h7-8,10H,1-5H2,(H,11,12)/t7-,8-/m0/s1. The SMILES string of the molecule is C=C(O)C[C@@H]1CC[C@@H](CC(=O)O)O1. The van der Waals surface area contributed by atoms with Crippen LogP contribution < -0.4 is 0 Å². The van der Waals surface area contributed by atoms with Crippen molar-refractivity contribution >= 4 is 5.97 Å². The van der Waals surface area contributed by atoms with Crippen LogP contribution in [-0.4, -0.2) is 28.4 Å². The number of ether oxygens (including phenoxy) is 1. The largest absolute Gasteiger partial charge is 0.513 e. The van der Waals surface area contributed by atoms with Crippen molar-refractivity contribution in [3.8, 4) is 0 Å². The summed E-state index contributed by atoms with van der Waals surface area (Å²) in [4.78, 5) is 10.3. The zero-order chi connectivity index (χ0) is 9.84. The first-order chi connectivity index (χ1) is 6.08. The molecule has 1 heterocycles. The van der Waals surface area contributed by atoms with Gasteiger partial charge >= 0.3 is 5.97 Å². The molecule has 2 N–H and O–H groups in total. The molecular weight excluding hydrogens is 172 g/mol. The lowest BCUT2D eigenvalue weighted by Crippen LogP contribution is -2.15. The van der Waals surface area contributed by atoms with E-state index in [1.165, 1.54) is 0 Å². The number of rotatable bonds is 4. The second-order valence-corrected chi connectivity index (χ2v) is 3.33. The maximum Gasteiger partial charge on any atom is 0.305 e. The summed E-state index contributed by atoms with van der Waals surface area (Å²) in [5, 5.41) is 17.4. The van der Waals surface area contributed by atoms with Gasteiger partial charge in [0.1, 0.15) is 0 Å². The molecule has 1 aliphatic heterocycles. The molecule has 4 heteroatoms. The Morgan fingerprint density at radius 3 is 2.31 bits per heavy atom. The molecular formula is C9H14O4. The predicted molar refractivity (Wildman–Crippen MR) is 46.5 cm³/mol. The van der Waals surface area contributed by atoms with Crippen molar-refractivity contribution in [2.45, 2.75) is 37.9 Å². The average molecular weight is 186 g/mol. The monoisotopic (exact) mass is 186 g/mol. The summed E-state index contributed by atoms with van der Waals surface area (Å²) in [6, 6.07) is 0. The van der Waals surface area contributed by atoms with E-state index in [0.717, 1.165) is 12.8 Å². The lowest BCUT2D eigenvalue weighted by molar-refractivity contribution is -0.139. The van der Waals surface area contributed by atoms with E-state index in [2.05, 4.69) is 6.58 Å². The van der Waals surface area contributed by atoms with E-state index in [-0.39, 0.29) is 24.4 Å². The Labute approximate surface area is 76.8 Å². The van der Waals surface area contributed by atoms with Crippen molar-refractivity contribution in [3.05, 3.63) is 12.3 Å². The van der Waals surface area contributed by atoms with Gasteiger partial charge in [0, 0.05) is 6.42 Å². The van der Waals surface area contributed by atoms with Crippen LogP contribution in [0, 0.1) is 0 Å². The molecule has 1 fully saturated rings. The van der Waals surface area contributed by atoms with Crippen molar-refractivity contribution < 1.29 is 19.7 Å². The fourth-order valence-electron chi connectivity index (χ4n) is 1.54. The van der Waals surface area contributed by atoms with Crippen LogP contribution in [0.5, 0.6) is 0 Å². The van der Waals surface area contributed by atoms with Gasteiger partial charge in [-0.3, -0.25) is 4.79 Å². The number of aliphatic carboxylic acids is 1. The summed E-state index contributed by atoms with van der Waals surface area (Å²) in [5.74, 6) is -0.741. The van der Waals surface area contributed by atoms with Gasteiger partial charge in [-0.15, -0.1) is 0 Å². The Hall–Kier alpha value is -1.03. The minimum absolute atomic E-state index is 0.0500. The summed E-state index contributed by atoms with van der Waals surface area (Å²) >= 11 is 0. The predicted octanol–water partition coefficient (Wildman–Crippen LogP) is 1.47.